The molecule has 0 bridgehead atoms. The van der Waals surface area contributed by atoms with Gasteiger partial charge < -0.3 is 19.9 Å². The number of halogens is 3. The minimum atomic E-state index is -4.33. The molecule has 3 unspecified atom stereocenters. The van der Waals surface area contributed by atoms with Gasteiger partial charge in [0.25, 0.3) is 0 Å². The van der Waals surface area contributed by atoms with E-state index in [2.05, 4.69) is 5.32 Å². The lowest BCUT2D eigenvalue weighted by Gasteiger charge is -2.42. The van der Waals surface area contributed by atoms with Gasteiger partial charge in [0.2, 0.25) is 5.91 Å². The van der Waals surface area contributed by atoms with Gasteiger partial charge in [0.05, 0.1) is 17.7 Å². The van der Waals surface area contributed by atoms with Crippen molar-refractivity contribution in [3.63, 3.8) is 0 Å². The van der Waals surface area contributed by atoms with Gasteiger partial charge in [-0.3, -0.25) is 4.79 Å². The first-order valence-electron chi connectivity index (χ1n) is 9.90. The third-order valence-corrected chi connectivity index (χ3v) is 5.96. The number of nitrogens with zero attached hydrogens (tertiary/aromatic N) is 2. The number of rotatable bonds is 2. The number of carbonyl (C=O) groups excluding carboxylic acids is 2. The maximum atomic E-state index is 12.9. The number of carbonyl (C=O) groups is 2. The van der Waals surface area contributed by atoms with Crippen LogP contribution in [0, 0.1) is 5.92 Å². The van der Waals surface area contributed by atoms with Crippen LogP contribution in [0.3, 0.4) is 0 Å². The Labute approximate surface area is 167 Å². The minimum Gasteiger partial charge on any atom is -0.366 e. The summed E-state index contributed by atoms with van der Waals surface area (Å²) in [5.41, 5.74) is 0.201. The summed E-state index contributed by atoms with van der Waals surface area (Å²) in [5.74, 6) is 0.0734. The van der Waals surface area contributed by atoms with Crippen LogP contribution in [0.4, 0.5) is 18.0 Å². The van der Waals surface area contributed by atoms with Crippen molar-refractivity contribution in [3.05, 3.63) is 35.4 Å². The van der Waals surface area contributed by atoms with Gasteiger partial charge in [-0.25, -0.2) is 4.79 Å². The lowest BCUT2D eigenvalue weighted by molar-refractivity contribution is -0.139. The molecule has 4 rings (SSSR count). The van der Waals surface area contributed by atoms with Gasteiger partial charge in [0.1, 0.15) is 6.61 Å². The monoisotopic (exact) mass is 411 g/mol. The zero-order valence-electron chi connectivity index (χ0n) is 16.0. The number of hydrogen-bond donors (Lipinski definition) is 1. The maximum Gasteiger partial charge on any atom is 0.416 e. The molecule has 9 heteroatoms. The summed E-state index contributed by atoms with van der Waals surface area (Å²) < 4.78 is 43.6. The summed E-state index contributed by atoms with van der Waals surface area (Å²) in [4.78, 5) is 28.0. The first kappa shape index (κ1) is 20.0. The first-order valence-corrected chi connectivity index (χ1v) is 9.90. The van der Waals surface area contributed by atoms with E-state index in [1.54, 1.807) is 9.80 Å². The summed E-state index contributed by atoms with van der Waals surface area (Å²) in [6.45, 7) is 2.34. The Bertz CT molecular complexity index is 768. The number of benzene rings is 1. The molecule has 158 valence electrons. The lowest BCUT2D eigenvalue weighted by atomic mass is 9.98. The topological polar surface area (TPSA) is 61.9 Å². The highest BCUT2D eigenvalue weighted by atomic mass is 19.4. The second-order valence-corrected chi connectivity index (χ2v) is 8.04. The molecule has 1 aromatic rings. The summed E-state index contributed by atoms with van der Waals surface area (Å²) >= 11 is 0. The third-order valence-electron chi connectivity index (χ3n) is 5.96. The minimum absolute atomic E-state index is 0.0391. The Hall–Kier alpha value is -2.29. The second-order valence-electron chi connectivity index (χ2n) is 8.04. The van der Waals surface area contributed by atoms with Crippen molar-refractivity contribution in [2.45, 2.75) is 37.6 Å². The smallest absolute Gasteiger partial charge is 0.366 e. The van der Waals surface area contributed by atoms with E-state index in [1.165, 1.54) is 12.1 Å². The Morgan fingerprint density at radius 2 is 1.79 bits per heavy atom. The molecule has 1 aromatic carbocycles. The van der Waals surface area contributed by atoms with Gasteiger partial charge in [-0.2, -0.15) is 13.2 Å². The van der Waals surface area contributed by atoms with E-state index in [1.807, 2.05) is 0 Å². The molecule has 3 aliphatic heterocycles. The van der Waals surface area contributed by atoms with Crippen molar-refractivity contribution >= 4 is 11.9 Å². The fourth-order valence-electron chi connectivity index (χ4n) is 4.41. The van der Waals surface area contributed by atoms with Crippen LogP contribution in [-0.2, 0) is 22.1 Å². The maximum absolute atomic E-state index is 12.9. The molecule has 3 atom stereocenters. The summed E-state index contributed by atoms with van der Waals surface area (Å²) in [6, 6.07) is 5.04. The number of ether oxygens (including phenoxy) is 1. The molecule has 6 nitrogen and oxygen atoms in total. The van der Waals surface area contributed by atoms with Crippen LogP contribution < -0.4 is 5.32 Å². The largest absolute Gasteiger partial charge is 0.416 e. The summed E-state index contributed by atoms with van der Waals surface area (Å²) in [5, 5.41) is 2.89. The number of alkyl halides is 3. The van der Waals surface area contributed by atoms with Crippen molar-refractivity contribution in [2.75, 3.05) is 32.8 Å². The Kier molecular flexibility index (Phi) is 5.42. The molecule has 0 spiro atoms. The Morgan fingerprint density at radius 3 is 2.52 bits per heavy atom. The second kappa shape index (κ2) is 7.85. The predicted octanol–water partition coefficient (Wildman–Crippen LogP) is 2.28. The van der Waals surface area contributed by atoms with Gasteiger partial charge in [0, 0.05) is 26.2 Å². The molecule has 3 fully saturated rings. The predicted molar refractivity (Wildman–Crippen MR) is 98.1 cm³/mol. The molecule has 29 heavy (non-hydrogen) atoms. The van der Waals surface area contributed by atoms with E-state index in [-0.39, 0.29) is 36.6 Å². The number of amides is 3. The van der Waals surface area contributed by atoms with E-state index in [0.29, 0.717) is 39.0 Å². The zero-order valence-corrected chi connectivity index (χ0v) is 16.0. The summed E-state index contributed by atoms with van der Waals surface area (Å²) in [7, 11) is 0. The van der Waals surface area contributed by atoms with Gasteiger partial charge >= 0.3 is 12.2 Å². The van der Waals surface area contributed by atoms with E-state index in [0.717, 1.165) is 24.1 Å². The van der Waals surface area contributed by atoms with Crippen LogP contribution >= 0.6 is 0 Å². The average molecular weight is 411 g/mol. The molecule has 3 aliphatic rings. The molecular formula is C20H24F3N3O3. The van der Waals surface area contributed by atoms with Crippen LogP contribution in [0.5, 0.6) is 0 Å². The van der Waals surface area contributed by atoms with Crippen molar-refractivity contribution < 1.29 is 27.5 Å². The number of morpholine rings is 1. The average Bonchev–Trinajstić information content (AvgIpc) is 3.15. The molecule has 0 aliphatic carbocycles. The molecule has 3 amide bonds. The number of fused-ring (bicyclic) bond motifs is 1. The van der Waals surface area contributed by atoms with E-state index < -0.39 is 11.7 Å². The third kappa shape index (κ3) is 4.49. The fraction of sp³-hybridized carbons (Fsp3) is 0.600. The standard InChI is InChI=1S/C20H24F3N3O3/c21-20(22,23)15-3-1-13(2-4-15)9-14-5-7-25(10-14)19(28)26-8-6-17-16(11-26)24-18(27)12-29-17/h1-4,14,16-17H,5-12H2,(H,24,27). The van der Waals surface area contributed by atoms with Gasteiger partial charge in [-0.05, 0) is 42.9 Å². The zero-order chi connectivity index (χ0) is 20.6. The van der Waals surface area contributed by atoms with E-state index in [9.17, 15) is 22.8 Å². The van der Waals surface area contributed by atoms with Crippen LogP contribution in [0.25, 0.3) is 0 Å². The molecule has 0 radical (unpaired) electrons. The first-order chi connectivity index (χ1) is 13.8. The SMILES string of the molecule is O=C1COC2CCN(C(=O)N3CCC(Cc4ccc(C(F)(F)F)cc4)C3)CC2N1. The van der Waals surface area contributed by atoms with Crippen molar-refractivity contribution in [1.82, 2.24) is 15.1 Å². The van der Waals surface area contributed by atoms with Crippen molar-refractivity contribution in [2.24, 2.45) is 5.92 Å². The number of urea groups is 1. The summed E-state index contributed by atoms with van der Waals surface area (Å²) in [6.07, 6.45) is -2.20. The van der Waals surface area contributed by atoms with Gasteiger partial charge in [-0.1, -0.05) is 12.1 Å². The van der Waals surface area contributed by atoms with Crippen LogP contribution in [0.1, 0.15) is 24.0 Å². The number of nitrogens with one attached hydrogen (secondary N) is 1. The highest BCUT2D eigenvalue weighted by Gasteiger charge is 2.38. The van der Waals surface area contributed by atoms with Crippen LogP contribution in [-0.4, -0.2) is 66.7 Å². The Morgan fingerprint density at radius 1 is 1.10 bits per heavy atom. The van der Waals surface area contributed by atoms with Crippen molar-refractivity contribution in [1.29, 1.82) is 0 Å². The fourth-order valence-corrected chi connectivity index (χ4v) is 4.41. The number of likely N-dealkylation sites (tertiary alicyclic amines) is 2. The highest BCUT2D eigenvalue weighted by molar-refractivity contribution is 5.79. The van der Waals surface area contributed by atoms with E-state index in [4.69, 9.17) is 4.74 Å². The molecule has 1 N–H and O–H groups in total. The number of piperidine rings is 1. The molecule has 0 saturated carbocycles. The van der Waals surface area contributed by atoms with Gasteiger partial charge in [0.15, 0.2) is 0 Å². The normalized spacial score (nSPS) is 27.6. The van der Waals surface area contributed by atoms with Crippen LogP contribution in [0.2, 0.25) is 0 Å². The quantitative estimate of drug-likeness (QED) is 0.812. The molecular weight excluding hydrogens is 387 g/mol. The van der Waals surface area contributed by atoms with Crippen molar-refractivity contribution in [3.8, 4) is 0 Å². The molecule has 0 aromatic heterocycles. The molecule has 3 saturated heterocycles. The lowest BCUT2D eigenvalue weighted by Crippen LogP contribution is -2.62. The molecule has 3 heterocycles. The van der Waals surface area contributed by atoms with E-state index >= 15 is 0 Å². The van der Waals surface area contributed by atoms with Crippen LogP contribution in [0.15, 0.2) is 24.3 Å². The Balaban J connectivity index is 1.30. The number of hydrogen-bond acceptors (Lipinski definition) is 3. The van der Waals surface area contributed by atoms with Gasteiger partial charge in [-0.15, -0.1) is 0 Å². The highest BCUT2D eigenvalue weighted by Crippen LogP contribution is 2.30.